The molecule has 0 saturated carbocycles. The van der Waals surface area contributed by atoms with Crippen molar-refractivity contribution in [1.29, 1.82) is 0 Å². The number of hydrogen-bond donors (Lipinski definition) is 2. The maximum atomic E-state index is 12.2. The SMILES string of the molecule is NCc1ccccc1S(=O)(=O)NCC1CCOC1. The van der Waals surface area contributed by atoms with Crippen LogP contribution >= 0.6 is 0 Å². The molecule has 0 spiro atoms. The van der Waals surface area contributed by atoms with Crippen molar-refractivity contribution < 1.29 is 13.2 Å². The third-order valence-corrected chi connectivity index (χ3v) is 4.59. The smallest absolute Gasteiger partial charge is 0.240 e. The van der Waals surface area contributed by atoms with Gasteiger partial charge in [0.2, 0.25) is 10.0 Å². The van der Waals surface area contributed by atoms with E-state index in [-0.39, 0.29) is 17.4 Å². The molecule has 1 unspecified atom stereocenters. The van der Waals surface area contributed by atoms with Crippen LogP contribution in [0.4, 0.5) is 0 Å². The Morgan fingerprint density at radius 2 is 2.17 bits per heavy atom. The van der Waals surface area contributed by atoms with Crippen LogP contribution in [-0.2, 0) is 21.3 Å². The van der Waals surface area contributed by atoms with Gasteiger partial charge in [-0.05, 0) is 24.0 Å². The first-order chi connectivity index (χ1) is 8.63. The minimum atomic E-state index is -3.48. The van der Waals surface area contributed by atoms with Crippen LogP contribution < -0.4 is 10.5 Å². The maximum absolute atomic E-state index is 12.2. The molecule has 18 heavy (non-hydrogen) atoms. The second kappa shape index (κ2) is 5.79. The molecule has 1 fully saturated rings. The summed E-state index contributed by atoms with van der Waals surface area (Å²) in [6, 6.07) is 6.79. The van der Waals surface area contributed by atoms with Gasteiger partial charge in [0.25, 0.3) is 0 Å². The van der Waals surface area contributed by atoms with Crippen molar-refractivity contribution >= 4 is 10.0 Å². The minimum Gasteiger partial charge on any atom is -0.381 e. The molecular formula is C12H18N2O3S. The van der Waals surface area contributed by atoms with Crippen LogP contribution in [0.2, 0.25) is 0 Å². The van der Waals surface area contributed by atoms with Crippen LogP contribution in [0, 0.1) is 5.92 Å². The molecule has 0 bridgehead atoms. The van der Waals surface area contributed by atoms with Gasteiger partial charge in [0, 0.05) is 19.7 Å². The van der Waals surface area contributed by atoms with Gasteiger partial charge in [-0.1, -0.05) is 18.2 Å². The Balaban J connectivity index is 2.09. The van der Waals surface area contributed by atoms with Crippen LogP contribution in [0.15, 0.2) is 29.2 Å². The highest BCUT2D eigenvalue weighted by Crippen LogP contribution is 2.16. The van der Waals surface area contributed by atoms with Gasteiger partial charge >= 0.3 is 0 Å². The number of hydrogen-bond acceptors (Lipinski definition) is 4. The topological polar surface area (TPSA) is 81.4 Å². The molecule has 1 aromatic carbocycles. The molecule has 1 aromatic rings. The summed E-state index contributed by atoms with van der Waals surface area (Å²) < 4.78 is 32.2. The van der Waals surface area contributed by atoms with Gasteiger partial charge in [-0.25, -0.2) is 13.1 Å². The Labute approximate surface area is 107 Å². The first kappa shape index (κ1) is 13.5. The normalized spacial score (nSPS) is 20.2. The van der Waals surface area contributed by atoms with Crippen LogP contribution in [-0.4, -0.2) is 28.2 Å². The molecule has 100 valence electrons. The number of benzene rings is 1. The Kier molecular flexibility index (Phi) is 4.34. The summed E-state index contributed by atoms with van der Waals surface area (Å²) in [6.07, 6.45) is 0.904. The first-order valence-electron chi connectivity index (χ1n) is 5.99. The van der Waals surface area contributed by atoms with E-state index >= 15 is 0 Å². The molecule has 0 amide bonds. The lowest BCUT2D eigenvalue weighted by molar-refractivity contribution is 0.186. The maximum Gasteiger partial charge on any atom is 0.240 e. The van der Waals surface area contributed by atoms with Gasteiger partial charge < -0.3 is 10.5 Å². The Morgan fingerprint density at radius 3 is 2.83 bits per heavy atom. The second-order valence-electron chi connectivity index (χ2n) is 4.39. The Morgan fingerprint density at radius 1 is 1.39 bits per heavy atom. The first-order valence-corrected chi connectivity index (χ1v) is 7.47. The van der Waals surface area contributed by atoms with Crippen molar-refractivity contribution in [2.24, 2.45) is 11.7 Å². The predicted octanol–water partition coefficient (Wildman–Crippen LogP) is 0.460. The number of rotatable bonds is 5. The lowest BCUT2D eigenvalue weighted by atomic mass is 10.1. The number of ether oxygens (including phenoxy) is 1. The largest absolute Gasteiger partial charge is 0.381 e. The van der Waals surface area contributed by atoms with Gasteiger partial charge in [0.05, 0.1) is 11.5 Å². The zero-order chi connectivity index (χ0) is 13.0. The van der Waals surface area contributed by atoms with Crippen LogP contribution in [0.5, 0.6) is 0 Å². The Hall–Kier alpha value is -0.950. The fraction of sp³-hybridized carbons (Fsp3) is 0.500. The standard InChI is InChI=1S/C12H18N2O3S/c13-7-11-3-1-2-4-12(11)18(15,16)14-8-10-5-6-17-9-10/h1-4,10,14H,5-9,13H2. The molecular weight excluding hydrogens is 252 g/mol. The number of nitrogens with two attached hydrogens (primary N) is 1. The monoisotopic (exact) mass is 270 g/mol. The Bertz CT molecular complexity index is 496. The summed E-state index contributed by atoms with van der Waals surface area (Å²) >= 11 is 0. The van der Waals surface area contributed by atoms with Gasteiger partial charge in [-0.3, -0.25) is 0 Å². The second-order valence-corrected chi connectivity index (χ2v) is 6.13. The molecule has 6 heteroatoms. The quantitative estimate of drug-likeness (QED) is 0.814. The molecule has 5 nitrogen and oxygen atoms in total. The molecule has 0 radical (unpaired) electrons. The van der Waals surface area contributed by atoms with Gasteiger partial charge in [0.15, 0.2) is 0 Å². The van der Waals surface area contributed by atoms with Crippen molar-refractivity contribution in [2.75, 3.05) is 19.8 Å². The predicted molar refractivity (Wildman–Crippen MR) is 68.4 cm³/mol. The van der Waals surface area contributed by atoms with Gasteiger partial charge in [-0.15, -0.1) is 0 Å². The highest BCUT2D eigenvalue weighted by Gasteiger charge is 2.21. The fourth-order valence-corrected chi connectivity index (χ4v) is 3.35. The van der Waals surface area contributed by atoms with Crippen LogP contribution in [0.25, 0.3) is 0 Å². The highest BCUT2D eigenvalue weighted by atomic mass is 32.2. The van der Waals surface area contributed by atoms with Crippen molar-refractivity contribution in [3.63, 3.8) is 0 Å². The zero-order valence-electron chi connectivity index (χ0n) is 10.1. The van der Waals surface area contributed by atoms with E-state index in [0.29, 0.717) is 25.3 Å². The van der Waals surface area contributed by atoms with E-state index in [0.717, 1.165) is 6.42 Å². The molecule has 2 rings (SSSR count). The molecule has 1 aliphatic rings. The van der Waals surface area contributed by atoms with Gasteiger partial charge in [-0.2, -0.15) is 0 Å². The molecule has 1 atom stereocenters. The average Bonchev–Trinajstić information content (AvgIpc) is 2.89. The van der Waals surface area contributed by atoms with E-state index in [4.69, 9.17) is 10.5 Å². The lowest BCUT2D eigenvalue weighted by Crippen LogP contribution is -2.30. The summed E-state index contributed by atoms with van der Waals surface area (Å²) in [7, 11) is -3.48. The van der Waals surface area contributed by atoms with Crippen LogP contribution in [0.1, 0.15) is 12.0 Å². The van der Waals surface area contributed by atoms with E-state index in [1.165, 1.54) is 0 Å². The summed E-state index contributed by atoms with van der Waals surface area (Å²) in [4.78, 5) is 0.270. The van der Waals surface area contributed by atoms with E-state index in [9.17, 15) is 8.42 Å². The lowest BCUT2D eigenvalue weighted by Gasteiger charge is -2.12. The molecule has 1 saturated heterocycles. The van der Waals surface area contributed by atoms with E-state index in [2.05, 4.69) is 4.72 Å². The van der Waals surface area contributed by atoms with Crippen molar-refractivity contribution in [1.82, 2.24) is 4.72 Å². The average molecular weight is 270 g/mol. The summed E-state index contributed by atoms with van der Waals surface area (Å²) in [5, 5.41) is 0. The zero-order valence-corrected chi connectivity index (χ0v) is 10.9. The summed E-state index contributed by atoms with van der Waals surface area (Å²) in [6.45, 7) is 1.97. The van der Waals surface area contributed by atoms with Crippen molar-refractivity contribution in [3.05, 3.63) is 29.8 Å². The minimum absolute atomic E-state index is 0.212. The summed E-state index contributed by atoms with van der Waals surface area (Å²) in [5.41, 5.74) is 6.19. The van der Waals surface area contributed by atoms with Crippen LogP contribution in [0.3, 0.4) is 0 Å². The molecule has 1 heterocycles. The molecule has 1 aliphatic heterocycles. The molecule has 0 aromatic heterocycles. The van der Waals surface area contributed by atoms with E-state index < -0.39 is 10.0 Å². The third-order valence-electron chi connectivity index (χ3n) is 3.07. The molecule has 0 aliphatic carbocycles. The fourth-order valence-electron chi connectivity index (χ4n) is 1.98. The number of nitrogens with one attached hydrogen (secondary N) is 1. The van der Waals surface area contributed by atoms with E-state index in [1.807, 2.05) is 0 Å². The van der Waals surface area contributed by atoms with Gasteiger partial charge in [0.1, 0.15) is 0 Å². The number of sulfonamides is 1. The summed E-state index contributed by atoms with van der Waals surface area (Å²) in [5.74, 6) is 0.268. The molecule has 3 N–H and O–H groups in total. The van der Waals surface area contributed by atoms with E-state index in [1.54, 1.807) is 24.3 Å². The third kappa shape index (κ3) is 3.08. The van der Waals surface area contributed by atoms with Crippen molar-refractivity contribution in [2.45, 2.75) is 17.9 Å². The highest BCUT2D eigenvalue weighted by molar-refractivity contribution is 7.89. The van der Waals surface area contributed by atoms with Crippen molar-refractivity contribution in [3.8, 4) is 0 Å².